The zero-order valence-corrected chi connectivity index (χ0v) is 7.91. The summed E-state index contributed by atoms with van der Waals surface area (Å²) in [4.78, 5) is 0. The van der Waals surface area contributed by atoms with Gasteiger partial charge in [0.15, 0.2) is 0 Å². The molecule has 0 amide bonds. The van der Waals surface area contributed by atoms with Crippen LogP contribution in [0.4, 0.5) is 0 Å². The van der Waals surface area contributed by atoms with Crippen LogP contribution in [-0.2, 0) is 0 Å². The van der Waals surface area contributed by atoms with E-state index in [2.05, 4.69) is 21.0 Å². The van der Waals surface area contributed by atoms with E-state index in [4.69, 9.17) is 0 Å². The van der Waals surface area contributed by atoms with Crippen LogP contribution in [0.25, 0.3) is 0 Å². The van der Waals surface area contributed by atoms with Gasteiger partial charge in [-0.3, -0.25) is 0 Å². The summed E-state index contributed by atoms with van der Waals surface area (Å²) in [5.41, 5.74) is 0. The Bertz CT molecular complexity index is 27.3. The number of halogens is 1. The summed E-state index contributed by atoms with van der Waals surface area (Å²) in [5, 5.41) is 1.40. The zero-order chi connectivity index (χ0) is 5.54. The van der Waals surface area contributed by atoms with Crippen molar-refractivity contribution in [2.24, 2.45) is 0 Å². The van der Waals surface area contributed by atoms with Gasteiger partial charge in [0.25, 0.3) is 0 Å². The molecule has 44 valence electrons. The molecule has 0 unspecified atom stereocenters. The van der Waals surface area contributed by atoms with Crippen LogP contribution in [0.3, 0.4) is 0 Å². The van der Waals surface area contributed by atoms with Gasteiger partial charge >= 0.3 is 58.8 Å². The Morgan fingerprint density at radius 1 is 1.43 bits per heavy atom. The van der Waals surface area contributed by atoms with Gasteiger partial charge in [-0.2, -0.15) is 0 Å². The summed E-state index contributed by atoms with van der Waals surface area (Å²) in [6.45, 7) is 2.24. The normalized spacial score (nSPS) is 9.43. The van der Waals surface area contributed by atoms with E-state index in [-0.39, 0.29) is 0 Å². The number of hydrogen-bond acceptors (Lipinski definition) is 0. The van der Waals surface area contributed by atoms with Crippen LogP contribution in [0.5, 0.6) is 0 Å². The Morgan fingerprint density at radius 2 is 2.14 bits per heavy atom. The second kappa shape index (κ2) is 7.00. The Morgan fingerprint density at radius 3 is 2.57 bits per heavy atom. The molecule has 0 aromatic carbocycles. The quantitative estimate of drug-likeness (QED) is 0.514. The SMILES string of the molecule is CCCCC[Se]Br. The molecule has 0 aliphatic heterocycles. The molecule has 0 saturated heterocycles. The Kier molecular flexibility index (Phi) is 8.00. The topological polar surface area (TPSA) is 0 Å². The van der Waals surface area contributed by atoms with Crippen molar-refractivity contribution in [2.45, 2.75) is 31.5 Å². The molecule has 0 radical (unpaired) electrons. The first-order chi connectivity index (χ1) is 3.41. The molecule has 0 saturated carbocycles. The van der Waals surface area contributed by atoms with E-state index < -0.39 is 0 Å². The molecule has 2 heteroatoms. The van der Waals surface area contributed by atoms with Crippen molar-refractivity contribution in [3.05, 3.63) is 0 Å². The minimum atomic E-state index is 0.738. The third-order valence-electron chi connectivity index (χ3n) is 0.825. The number of unbranched alkanes of at least 4 members (excludes halogenated alkanes) is 2. The first-order valence-electron chi connectivity index (χ1n) is 2.65. The van der Waals surface area contributed by atoms with Gasteiger partial charge < -0.3 is 0 Å². The van der Waals surface area contributed by atoms with E-state index in [0.717, 1.165) is 13.1 Å². The van der Waals surface area contributed by atoms with Crippen molar-refractivity contribution in [3.8, 4) is 0 Å². The summed E-state index contributed by atoms with van der Waals surface area (Å²) in [6.07, 6.45) is 4.18. The molecule has 0 spiro atoms. The summed E-state index contributed by atoms with van der Waals surface area (Å²) in [6, 6.07) is 0. The predicted molar refractivity (Wildman–Crippen MR) is 39.0 cm³/mol. The van der Waals surface area contributed by atoms with E-state index in [1.807, 2.05) is 0 Å². The van der Waals surface area contributed by atoms with Gasteiger partial charge in [-0.15, -0.1) is 0 Å². The van der Waals surface area contributed by atoms with Gasteiger partial charge in [-0.1, -0.05) is 0 Å². The van der Waals surface area contributed by atoms with Gasteiger partial charge in [-0.05, 0) is 0 Å². The maximum atomic E-state index is 3.44. The molecule has 7 heavy (non-hydrogen) atoms. The summed E-state index contributed by atoms with van der Waals surface area (Å²) in [7, 11) is 0. The minimum absolute atomic E-state index is 0.738. The molecule has 0 bridgehead atoms. The Labute approximate surface area is 58.9 Å². The number of rotatable bonds is 4. The van der Waals surface area contributed by atoms with E-state index in [9.17, 15) is 0 Å². The van der Waals surface area contributed by atoms with Crippen molar-refractivity contribution < 1.29 is 0 Å². The molecule has 0 aromatic heterocycles. The summed E-state index contributed by atoms with van der Waals surface area (Å²) >= 11 is 4.18. The molecule has 0 N–H and O–H groups in total. The maximum absolute atomic E-state index is 3.44. The zero-order valence-electron chi connectivity index (χ0n) is 4.61. The second-order valence-electron chi connectivity index (χ2n) is 1.52. The fraction of sp³-hybridized carbons (Fsp3) is 1.00. The third kappa shape index (κ3) is 7.00. The van der Waals surface area contributed by atoms with Crippen LogP contribution in [0.2, 0.25) is 5.32 Å². The van der Waals surface area contributed by atoms with Gasteiger partial charge in [0.1, 0.15) is 0 Å². The van der Waals surface area contributed by atoms with Crippen LogP contribution in [0, 0.1) is 0 Å². The molecule has 0 aromatic rings. The fourth-order valence-corrected chi connectivity index (χ4v) is 2.25. The fourth-order valence-electron chi connectivity index (χ4n) is 0.407. The molecule has 0 atom stereocenters. The molecule has 0 nitrogen and oxygen atoms in total. The van der Waals surface area contributed by atoms with Crippen LogP contribution in [0.1, 0.15) is 26.2 Å². The number of hydrogen-bond donors (Lipinski definition) is 0. The van der Waals surface area contributed by atoms with E-state index in [1.54, 1.807) is 0 Å². The van der Waals surface area contributed by atoms with Gasteiger partial charge in [0.2, 0.25) is 0 Å². The van der Waals surface area contributed by atoms with Crippen molar-refractivity contribution in [2.75, 3.05) is 0 Å². The molecular formula is C5H11BrSe. The first kappa shape index (κ1) is 8.00. The molecule has 0 rings (SSSR count). The van der Waals surface area contributed by atoms with Crippen LogP contribution < -0.4 is 0 Å². The Hall–Kier alpha value is 0.999. The van der Waals surface area contributed by atoms with Crippen molar-refractivity contribution in [1.82, 2.24) is 0 Å². The molecule has 0 aliphatic rings. The van der Waals surface area contributed by atoms with Crippen LogP contribution in [-0.4, -0.2) is 13.1 Å². The molecule has 0 fully saturated rings. The molecule has 0 heterocycles. The van der Waals surface area contributed by atoms with Gasteiger partial charge in [0, 0.05) is 0 Å². The Balaban J connectivity index is 2.45. The first-order valence-corrected chi connectivity index (χ1v) is 7.87. The monoisotopic (exact) mass is 230 g/mol. The van der Waals surface area contributed by atoms with Crippen molar-refractivity contribution >= 4 is 27.3 Å². The summed E-state index contributed by atoms with van der Waals surface area (Å²) < 4.78 is 0. The molecule has 0 aliphatic carbocycles. The van der Waals surface area contributed by atoms with Gasteiger partial charge in [-0.25, -0.2) is 0 Å². The van der Waals surface area contributed by atoms with E-state index in [0.29, 0.717) is 0 Å². The third-order valence-corrected chi connectivity index (χ3v) is 3.44. The molecular weight excluding hydrogens is 219 g/mol. The van der Waals surface area contributed by atoms with E-state index in [1.165, 1.54) is 24.6 Å². The average Bonchev–Trinajstić information content (AvgIpc) is 1.69. The van der Waals surface area contributed by atoms with Crippen LogP contribution >= 0.6 is 14.1 Å². The van der Waals surface area contributed by atoms with Crippen LogP contribution in [0.15, 0.2) is 0 Å². The predicted octanol–water partition coefficient (Wildman–Crippen LogP) is 2.61. The van der Waals surface area contributed by atoms with Crippen molar-refractivity contribution in [3.63, 3.8) is 0 Å². The summed E-state index contributed by atoms with van der Waals surface area (Å²) in [5.74, 6) is 0. The second-order valence-corrected chi connectivity index (χ2v) is 5.21. The average molecular weight is 230 g/mol. The standard InChI is InChI=1S/C5H11BrSe/c1-2-3-4-5-7-6/h2-5H2,1H3. The van der Waals surface area contributed by atoms with E-state index >= 15 is 0 Å². The van der Waals surface area contributed by atoms with Crippen molar-refractivity contribution in [1.29, 1.82) is 0 Å². The van der Waals surface area contributed by atoms with Gasteiger partial charge in [0.05, 0.1) is 0 Å².